The molecule has 0 saturated heterocycles. The van der Waals surface area contributed by atoms with Crippen LogP contribution < -0.4 is 0 Å². The normalized spacial score (nSPS) is 9.40. The molecule has 0 radical (unpaired) electrons. The van der Waals surface area contributed by atoms with Gasteiger partial charge in [-0.1, -0.05) is 11.6 Å². The highest BCUT2D eigenvalue weighted by atomic mass is 79.9. The minimum absolute atomic E-state index is 0.490. The lowest BCUT2D eigenvalue weighted by molar-refractivity contribution is 1.28. The molecule has 0 aliphatic carbocycles. The third-order valence-electron chi connectivity index (χ3n) is 0.973. The number of halogens is 2. The Hall–Kier alpha value is -0.410. The van der Waals surface area contributed by atoms with E-state index in [1.165, 1.54) is 0 Å². The SMILES string of the molecule is N=Cc1ncc(Br)cc1Cl. The van der Waals surface area contributed by atoms with Crippen LogP contribution in [0.25, 0.3) is 0 Å². The Morgan fingerprint density at radius 3 is 2.90 bits per heavy atom. The number of aromatic nitrogens is 1. The Bertz CT molecular complexity index is 262. The predicted molar refractivity (Wildman–Crippen MR) is 44.8 cm³/mol. The zero-order valence-electron chi connectivity index (χ0n) is 4.94. The highest BCUT2D eigenvalue weighted by Crippen LogP contribution is 2.16. The summed E-state index contributed by atoms with van der Waals surface area (Å²) in [6.07, 6.45) is 2.72. The van der Waals surface area contributed by atoms with Gasteiger partial charge in [0.15, 0.2) is 0 Å². The van der Waals surface area contributed by atoms with E-state index in [2.05, 4.69) is 20.9 Å². The van der Waals surface area contributed by atoms with Crippen LogP contribution in [0.15, 0.2) is 16.7 Å². The number of rotatable bonds is 1. The summed E-state index contributed by atoms with van der Waals surface area (Å²) in [6.45, 7) is 0. The van der Waals surface area contributed by atoms with Gasteiger partial charge >= 0.3 is 0 Å². The van der Waals surface area contributed by atoms with E-state index in [1.54, 1.807) is 12.3 Å². The summed E-state index contributed by atoms with van der Waals surface area (Å²) >= 11 is 8.89. The highest BCUT2D eigenvalue weighted by molar-refractivity contribution is 9.10. The molecule has 2 nitrogen and oxygen atoms in total. The van der Waals surface area contributed by atoms with E-state index in [-0.39, 0.29) is 0 Å². The first kappa shape index (κ1) is 7.69. The topological polar surface area (TPSA) is 36.7 Å². The molecule has 0 aliphatic heterocycles. The molecule has 0 fully saturated rings. The molecular weight excluding hydrogens is 215 g/mol. The quantitative estimate of drug-likeness (QED) is 0.724. The van der Waals surface area contributed by atoms with Gasteiger partial charge < -0.3 is 5.41 Å². The van der Waals surface area contributed by atoms with Gasteiger partial charge in [0.2, 0.25) is 0 Å². The summed E-state index contributed by atoms with van der Waals surface area (Å²) < 4.78 is 0.822. The number of nitrogens with one attached hydrogen (secondary N) is 1. The third-order valence-corrected chi connectivity index (χ3v) is 1.71. The molecule has 4 heteroatoms. The van der Waals surface area contributed by atoms with Crippen LogP contribution in [0.1, 0.15) is 5.69 Å². The maximum absolute atomic E-state index is 6.87. The summed E-state index contributed by atoms with van der Waals surface area (Å²) in [5.41, 5.74) is 0.491. The molecule has 0 spiro atoms. The molecule has 0 bridgehead atoms. The molecule has 1 rings (SSSR count). The molecule has 0 amide bonds. The van der Waals surface area contributed by atoms with Gasteiger partial charge in [-0.2, -0.15) is 0 Å². The van der Waals surface area contributed by atoms with E-state index in [1.807, 2.05) is 0 Å². The number of hydrogen-bond donors (Lipinski definition) is 1. The fraction of sp³-hybridized carbons (Fsp3) is 0. The second-order valence-electron chi connectivity index (χ2n) is 1.66. The molecule has 0 unspecified atom stereocenters. The minimum atomic E-state index is 0.490. The molecule has 0 atom stereocenters. The van der Waals surface area contributed by atoms with Crippen LogP contribution in [0.3, 0.4) is 0 Å². The Morgan fingerprint density at radius 2 is 2.40 bits per heavy atom. The summed E-state index contributed by atoms with van der Waals surface area (Å²) in [6, 6.07) is 1.70. The lowest BCUT2D eigenvalue weighted by Gasteiger charge is -1.94. The van der Waals surface area contributed by atoms with Crippen molar-refractivity contribution in [2.24, 2.45) is 0 Å². The van der Waals surface area contributed by atoms with Crippen molar-refractivity contribution < 1.29 is 0 Å². The zero-order chi connectivity index (χ0) is 7.56. The van der Waals surface area contributed by atoms with Gasteiger partial charge in [0, 0.05) is 16.9 Å². The van der Waals surface area contributed by atoms with Crippen molar-refractivity contribution in [2.45, 2.75) is 0 Å². The average Bonchev–Trinajstić information content (AvgIpc) is 1.88. The van der Waals surface area contributed by atoms with Crippen LogP contribution in [0, 0.1) is 5.41 Å². The second kappa shape index (κ2) is 3.12. The van der Waals surface area contributed by atoms with Crippen molar-refractivity contribution in [1.82, 2.24) is 4.98 Å². The number of nitrogens with zero attached hydrogens (tertiary/aromatic N) is 1. The molecule has 52 valence electrons. The first-order valence-corrected chi connectivity index (χ1v) is 3.72. The van der Waals surface area contributed by atoms with E-state index >= 15 is 0 Å². The largest absolute Gasteiger partial charge is 0.306 e. The van der Waals surface area contributed by atoms with Crippen LogP contribution in [-0.4, -0.2) is 11.2 Å². The Balaban J connectivity index is 3.19. The molecule has 0 saturated carbocycles. The van der Waals surface area contributed by atoms with Crippen LogP contribution >= 0.6 is 27.5 Å². The summed E-state index contributed by atoms with van der Waals surface area (Å²) in [5.74, 6) is 0. The third kappa shape index (κ3) is 1.55. The standard InChI is InChI=1S/C6H4BrClN2/c7-4-1-5(8)6(2-9)10-3-4/h1-3,9H. The highest BCUT2D eigenvalue weighted by Gasteiger charge is 1.97. The van der Waals surface area contributed by atoms with Gasteiger partial charge in [-0.3, -0.25) is 4.98 Å². The first-order chi connectivity index (χ1) is 4.74. The Kier molecular flexibility index (Phi) is 2.40. The molecule has 1 aromatic heterocycles. The fourth-order valence-corrected chi connectivity index (χ4v) is 1.22. The summed E-state index contributed by atoms with van der Waals surface area (Å²) in [5, 5.41) is 7.36. The smallest absolute Gasteiger partial charge is 0.0992 e. The fourth-order valence-electron chi connectivity index (χ4n) is 0.531. The van der Waals surface area contributed by atoms with Gasteiger partial charge in [0.05, 0.1) is 10.7 Å². The van der Waals surface area contributed by atoms with Crippen LogP contribution in [-0.2, 0) is 0 Å². The first-order valence-electron chi connectivity index (χ1n) is 2.55. The van der Waals surface area contributed by atoms with Gasteiger partial charge in [-0.05, 0) is 22.0 Å². The molecule has 0 aliphatic rings. The van der Waals surface area contributed by atoms with E-state index < -0.39 is 0 Å². The molecular formula is C6H4BrClN2. The van der Waals surface area contributed by atoms with Crippen LogP contribution in [0.4, 0.5) is 0 Å². The Morgan fingerprint density at radius 1 is 1.70 bits per heavy atom. The van der Waals surface area contributed by atoms with Gasteiger partial charge in [-0.15, -0.1) is 0 Å². The van der Waals surface area contributed by atoms with Crippen molar-refractivity contribution >= 4 is 33.7 Å². The monoisotopic (exact) mass is 218 g/mol. The van der Waals surface area contributed by atoms with E-state index in [4.69, 9.17) is 17.0 Å². The maximum atomic E-state index is 6.87. The van der Waals surface area contributed by atoms with Crippen molar-refractivity contribution in [3.05, 3.63) is 27.5 Å². The lowest BCUT2D eigenvalue weighted by Crippen LogP contribution is -1.86. The second-order valence-corrected chi connectivity index (χ2v) is 2.99. The van der Waals surface area contributed by atoms with Gasteiger partial charge in [0.1, 0.15) is 0 Å². The molecule has 1 N–H and O–H groups in total. The predicted octanol–water partition coefficient (Wildman–Crippen LogP) is 2.50. The Labute approximate surface area is 71.9 Å². The van der Waals surface area contributed by atoms with Crippen LogP contribution in [0.2, 0.25) is 5.02 Å². The van der Waals surface area contributed by atoms with Gasteiger partial charge in [0.25, 0.3) is 0 Å². The summed E-state index contributed by atoms with van der Waals surface area (Å²) in [7, 11) is 0. The number of pyridine rings is 1. The summed E-state index contributed by atoms with van der Waals surface area (Å²) in [4.78, 5) is 3.87. The van der Waals surface area contributed by atoms with E-state index in [0.29, 0.717) is 10.7 Å². The molecule has 1 heterocycles. The van der Waals surface area contributed by atoms with Crippen molar-refractivity contribution in [3.8, 4) is 0 Å². The van der Waals surface area contributed by atoms with Crippen LogP contribution in [0.5, 0.6) is 0 Å². The lowest BCUT2D eigenvalue weighted by atomic mass is 10.4. The molecule has 10 heavy (non-hydrogen) atoms. The van der Waals surface area contributed by atoms with Crippen molar-refractivity contribution in [2.75, 3.05) is 0 Å². The zero-order valence-corrected chi connectivity index (χ0v) is 7.28. The number of hydrogen-bond acceptors (Lipinski definition) is 2. The van der Waals surface area contributed by atoms with Crippen molar-refractivity contribution in [3.63, 3.8) is 0 Å². The van der Waals surface area contributed by atoms with E-state index in [0.717, 1.165) is 10.7 Å². The average molecular weight is 219 g/mol. The molecule has 1 aromatic rings. The van der Waals surface area contributed by atoms with E-state index in [9.17, 15) is 0 Å². The minimum Gasteiger partial charge on any atom is -0.306 e. The molecule has 0 aromatic carbocycles. The van der Waals surface area contributed by atoms with Gasteiger partial charge in [-0.25, -0.2) is 0 Å². The van der Waals surface area contributed by atoms with Crippen molar-refractivity contribution in [1.29, 1.82) is 5.41 Å². The maximum Gasteiger partial charge on any atom is 0.0992 e.